The first-order valence-electron chi connectivity index (χ1n) is 8.66. The van der Waals surface area contributed by atoms with Crippen molar-refractivity contribution in [2.45, 2.75) is 45.6 Å². The monoisotopic (exact) mass is 386 g/mol. The van der Waals surface area contributed by atoms with Crippen LogP contribution in [-0.2, 0) is 17.6 Å². The molecule has 1 amide bonds. The number of carbonyl (C=O) groups is 1. The van der Waals surface area contributed by atoms with E-state index in [0.29, 0.717) is 10.9 Å². The average Bonchev–Trinajstić information content (AvgIpc) is 3.06. The molecule has 0 aliphatic heterocycles. The number of benzene rings is 1. The van der Waals surface area contributed by atoms with Gasteiger partial charge in [-0.1, -0.05) is 43.0 Å². The normalized spacial score (nSPS) is 11.1. The molecule has 136 valence electrons. The number of aromatic nitrogens is 3. The van der Waals surface area contributed by atoms with Crippen LogP contribution in [0.15, 0.2) is 23.2 Å². The summed E-state index contributed by atoms with van der Waals surface area (Å²) in [5.41, 5.74) is 4.59. The molecule has 2 aromatic heterocycles. The van der Waals surface area contributed by atoms with Gasteiger partial charge in [0.25, 0.3) is 0 Å². The van der Waals surface area contributed by atoms with Gasteiger partial charge < -0.3 is 0 Å². The molecule has 0 unspecified atom stereocenters. The van der Waals surface area contributed by atoms with E-state index in [1.807, 2.05) is 6.92 Å². The second kappa shape index (κ2) is 8.14. The van der Waals surface area contributed by atoms with Gasteiger partial charge in [0.1, 0.15) is 10.0 Å². The lowest BCUT2D eigenvalue weighted by Crippen LogP contribution is -2.14. The molecule has 0 atom stereocenters. The first kappa shape index (κ1) is 18.8. The summed E-state index contributed by atoms with van der Waals surface area (Å²) >= 11 is 2.89. The summed E-state index contributed by atoms with van der Waals surface area (Å²) in [5.74, 6) is 0.218. The molecule has 0 aliphatic carbocycles. The molecule has 0 bridgehead atoms. The van der Waals surface area contributed by atoms with Crippen LogP contribution in [-0.4, -0.2) is 26.8 Å². The minimum absolute atomic E-state index is 0.0850. The van der Waals surface area contributed by atoms with Crippen LogP contribution in [0.25, 0.3) is 10.9 Å². The maximum atomic E-state index is 12.2. The molecule has 2 heterocycles. The Morgan fingerprint density at radius 3 is 2.65 bits per heavy atom. The van der Waals surface area contributed by atoms with Gasteiger partial charge in [-0.3, -0.25) is 10.1 Å². The Hall–Kier alpha value is -1.99. The molecule has 0 spiro atoms. The van der Waals surface area contributed by atoms with E-state index in [4.69, 9.17) is 4.98 Å². The summed E-state index contributed by atoms with van der Waals surface area (Å²) in [6.07, 6.45) is 1.71. The van der Waals surface area contributed by atoms with E-state index in [-0.39, 0.29) is 5.91 Å². The zero-order valence-electron chi connectivity index (χ0n) is 15.4. The number of amides is 1. The molecule has 1 N–H and O–H groups in total. The molecule has 0 aliphatic rings. The molecule has 0 fully saturated rings. The summed E-state index contributed by atoms with van der Waals surface area (Å²) in [6, 6.07) is 6.48. The van der Waals surface area contributed by atoms with Crippen LogP contribution >= 0.6 is 23.1 Å². The Balaban J connectivity index is 1.76. The molecule has 3 aromatic rings. The molecule has 0 radical (unpaired) electrons. The predicted octanol–water partition coefficient (Wildman–Crippen LogP) is 4.56. The zero-order chi connectivity index (χ0) is 18.7. The third-order valence-corrected chi connectivity index (χ3v) is 6.08. The quantitative estimate of drug-likeness (QED) is 0.629. The summed E-state index contributed by atoms with van der Waals surface area (Å²) in [7, 11) is 0. The second-order valence-electron chi connectivity index (χ2n) is 6.15. The number of anilines is 1. The molecule has 7 heteroatoms. The number of thioether (sulfide) groups is 1. The lowest BCUT2D eigenvalue weighted by molar-refractivity contribution is -0.113. The third kappa shape index (κ3) is 4.22. The van der Waals surface area contributed by atoms with Gasteiger partial charge in [-0.25, -0.2) is 4.98 Å². The van der Waals surface area contributed by atoms with Crippen molar-refractivity contribution in [2.75, 3.05) is 11.1 Å². The van der Waals surface area contributed by atoms with Crippen molar-refractivity contribution in [1.82, 2.24) is 15.2 Å². The van der Waals surface area contributed by atoms with E-state index in [9.17, 15) is 4.79 Å². The third-order valence-electron chi connectivity index (χ3n) is 4.06. The van der Waals surface area contributed by atoms with Crippen LogP contribution in [0.3, 0.4) is 0 Å². The Bertz CT molecular complexity index is 952. The van der Waals surface area contributed by atoms with Crippen LogP contribution < -0.4 is 5.32 Å². The van der Waals surface area contributed by atoms with Gasteiger partial charge in [0.15, 0.2) is 0 Å². The number of aryl methyl sites for hydroxylation is 4. The predicted molar refractivity (Wildman–Crippen MR) is 109 cm³/mol. The Morgan fingerprint density at radius 1 is 1.15 bits per heavy atom. The fourth-order valence-corrected chi connectivity index (χ4v) is 4.36. The number of pyridine rings is 1. The van der Waals surface area contributed by atoms with Crippen LogP contribution in [0, 0.1) is 13.8 Å². The molecule has 26 heavy (non-hydrogen) atoms. The van der Waals surface area contributed by atoms with Gasteiger partial charge in [-0.05, 0) is 55.5 Å². The fraction of sp³-hybridized carbons (Fsp3) is 0.368. The smallest absolute Gasteiger partial charge is 0.236 e. The standard InChI is InChI=1S/C19H22N4OS2/c1-5-13-9-14-12(4)7-11(3)8-15(14)20-18(13)25-10-16(24)21-19-23-22-17(6-2)26-19/h7-9H,5-6,10H2,1-4H3,(H,21,23,24). The van der Waals surface area contributed by atoms with Crippen molar-refractivity contribution in [3.05, 3.63) is 39.9 Å². The van der Waals surface area contributed by atoms with Gasteiger partial charge in [-0.2, -0.15) is 0 Å². The minimum Gasteiger partial charge on any atom is -0.300 e. The number of nitrogens with one attached hydrogen (secondary N) is 1. The molecule has 5 nitrogen and oxygen atoms in total. The number of rotatable bonds is 6. The number of hydrogen-bond donors (Lipinski definition) is 1. The minimum atomic E-state index is -0.0850. The first-order valence-corrected chi connectivity index (χ1v) is 10.5. The fourth-order valence-electron chi connectivity index (χ4n) is 2.77. The van der Waals surface area contributed by atoms with Gasteiger partial charge in [0, 0.05) is 5.39 Å². The average molecular weight is 387 g/mol. The maximum Gasteiger partial charge on any atom is 0.236 e. The van der Waals surface area contributed by atoms with Crippen molar-refractivity contribution in [2.24, 2.45) is 0 Å². The summed E-state index contributed by atoms with van der Waals surface area (Å²) in [5, 5.41) is 14.4. The van der Waals surface area contributed by atoms with Gasteiger partial charge in [0.05, 0.1) is 11.3 Å². The van der Waals surface area contributed by atoms with Crippen LogP contribution in [0.1, 0.15) is 35.5 Å². The Morgan fingerprint density at radius 2 is 1.96 bits per heavy atom. The van der Waals surface area contributed by atoms with E-state index < -0.39 is 0 Å². The number of carbonyl (C=O) groups excluding carboxylic acids is 1. The van der Waals surface area contributed by atoms with Crippen molar-refractivity contribution >= 4 is 45.0 Å². The molecular formula is C19H22N4OS2. The highest BCUT2D eigenvalue weighted by Gasteiger charge is 2.12. The molecule has 0 saturated carbocycles. The molecular weight excluding hydrogens is 364 g/mol. The van der Waals surface area contributed by atoms with Crippen molar-refractivity contribution in [3.63, 3.8) is 0 Å². The van der Waals surface area contributed by atoms with E-state index in [1.165, 1.54) is 45.2 Å². The summed E-state index contributed by atoms with van der Waals surface area (Å²) in [4.78, 5) is 17.1. The van der Waals surface area contributed by atoms with E-state index >= 15 is 0 Å². The largest absolute Gasteiger partial charge is 0.300 e. The highest BCUT2D eigenvalue weighted by Crippen LogP contribution is 2.28. The highest BCUT2D eigenvalue weighted by atomic mass is 32.2. The van der Waals surface area contributed by atoms with Crippen molar-refractivity contribution in [3.8, 4) is 0 Å². The van der Waals surface area contributed by atoms with Gasteiger partial charge in [-0.15, -0.1) is 10.2 Å². The first-order chi connectivity index (χ1) is 12.5. The summed E-state index contributed by atoms with van der Waals surface area (Å²) in [6.45, 7) is 8.32. The van der Waals surface area contributed by atoms with E-state index in [0.717, 1.165) is 28.4 Å². The van der Waals surface area contributed by atoms with E-state index in [2.05, 4.69) is 54.5 Å². The molecule has 3 rings (SSSR count). The lowest BCUT2D eigenvalue weighted by Gasteiger charge is -2.11. The van der Waals surface area contributed by atoms with Crippen LogP contribution in [0.2, 0.25) is 0 Å². The van der Waals surface area contributed by atoms with Gasteiger partial charge >= 0.3 is 0 Å². The van der Waals surface area contributed by atoms with Crippen molar-refractivity contribution < 1.29 is 4.79 Å². The number of nitrogens with zero attached hydrogens (tertiary/aromatic N) is 3. The van der Waals surface area contributed by atoms with Crippen LogP contribution in [0.4, 0.5) is 5.13 Å². The zero-order valence-corrected chi connectivity index (χ0v) is 17.1. The van der Waals surface area contributed by atoms with E-state index in [1.54, 1.807) is 0 Å². The maximum absolute atomic E-state index is 12.2. The molecule has 1 aromatic carbocycles. The summed E-state index contributed by atoms with van der Waals surface area (Å²) < 4.78 is 0. The number of hydrogen-bond acceptors (Lipinski definition) is 6. The van der Waals surface area contributed by atoms with Crippen LogP contribution in [0.5, 0.6) is 0 Å². The highest BCUT2D eigenvalue weighted by molar-refractivity contribution is 8.00. The molecule has 0 saturated heterocycles. The van der Waals surface area contributed by atoms with Gasteiger partial charge in [0.2, 0.25) is 11.0 Å². The SMILES string of the molecule is CCc1nnc(NC(=O)CSc2nc3cc(C)cc(C)c3cc2CC)s1. The topological polar surface area (TPSA) is 67.8 Å². The second-order valence-corrected chi connectivity index (χ2v) is 8.17. The Kier molecular flexibility index (Phi) is 5.88. The number of fused-ring (bicyclic) bond motifs is 1. The van der Waals surface area contributed by atoms with Crippen molar-refractivity contribution in [1.29, 1.82) is 0 Å². The Labute approximate surface area is 161 Å². The lowest BCUT2D eigenvalue weighted by atomic mass is 10.0.